The molecule has 8 aromatic carbocycles. The maximum Gasteiger partial charge on any atom is 0.164 e. The average Bonchev–Trinajstić information content (AvgIpc) is 3.96. The summed E-state index contributed by atoms with van der Waals surface area (Å²) in [6.45, 7) is 0. The second-order valence-electron chi connectivity index (χ2n) is 14.4. The molecule has 6 heteroatoms. The van der Waals surface area contributed by atoms with Crippen molar-refractivity contribution in [2.45, 2.75) is 0 Å². The summed E-state index contributed by atoms with van der Waals surface area (Å²) in [4.78, 5) is 15.5. The third-order valence-corrected chi connectivity index (χ3v) is 10.9. The Hall–Kier alpha value is -7.83. The van der Waals surface area contributed by atoms with E-state index in [4.69, 9.17) is 28.2 Å². The van der Waals surface area contributed by atoms with E-state index >= 15 is 0 Å². The Bertz CT molecular complexity index is 3540. The largest absolute Gasteiger partial charge is 0.456 e. The SMILES string of the molecule is c1ccc(-c2cccc(-c3cccc(-c4nc(-c5ccc6oc7ccccc7c6c5)nc(-c5ccc6oc7cc8oc9ccccc9c8cc7c6c5)n4)c3)c2)cc1. The van der Waals surface area contributed by atoms with Crippen molar-refractivity contribution in [3.63, 3.8) is 0 Å². The summed E-state index contributed by atoms with van der Waals surface area (Å²) < 4.78 is 18.7. The molecular formula is C51H29N3O3. The summed E-state index contributed by atoms with van der Waals surface area (Å²) in [6, 6.07) is 60.1. The Kier molecular flexibility index (Phi) is 6.83. The van der Waals surface area contributed by atoms with Gasteiger partial charge in [-0.1, -0.05) is 103 Å². The average molecular weight is 732 g/mol. The van der Waals surface area contributed by atoms with Gasteiger partial charge in [0.2, 0.25) is 0 Å². The van der Waals surface area contributed by atoms with Gasteiger partial charge in [-0.05, 0) is 89.0 Å². The van der Waals surface area contributed by atoms with Crippen LogP contribution >= 0.6 is 0 Å². The van der Waals surface area contributed by atoms with E-state index in [9.17, 15) is 0 Å². The van der Waals surface area contributed by atoms with Gasteiger partial charge in [0.1, 0.15) is 33.5 Å². The van der Waals surface area contributed by atoms with Gasteiger partial charge in [-0.25, -0.2) is 15.0 Å². The fourth-order valence-electron chi connectivity index (χ4n) is 8.11. The molecule has 12 rings (SSSR count). The predicted octanol–water partition coefficient (Wildman–Crippen LogP) is 13.9. The minimum absolute atomic E-state index is 0.565. The number of rotatable bonds is 5. The van der Waals surface area contributed by atoms with Crippen molar-refractivity contribution in [3.8, 4) is 56.4 Å². The van der Waals surface area contributed by atoms with Gasteiger partial charge >= 0.3 is 0 Å². The number of hydrogen-bond acceptors (Lipinski definition) is 6. The van der Waals surface area contributed by atoms with E-state index in [1.54, 1.807) is 0 Å². The van der Waals surface area contributed by atoms with Crippen LogP contribution in [0.1, 0.15) is 0 Å². The van der Waals surface area contributed by atoms with Crippen molar-refractivity contribution in [1.82, 2.24) is 15.0 Å². The summed E-state index contributed by atoms with van der Waals surface area (Å²) in [5.41, 5.74) is 12.0. The highest BCUT2D eigenvalue weighted by molar-refractivity contribution is 6.15. The molecule has 0 saturated heterocycles. The van der Waals surface area contributed by atoms with Crippen LogP contribution in [0.15, 0.2) is 189 Å². The molecule has 6 nitrogen and oxygen atoms in total. The van der Waals surface area contributed by atoms with Gasteiger partial charge in [-0.2, -0.15) is 0 Å². The molecule has 0 aliphatic heterocycles. The summed E-state index contributed by atoms with van der Waals surface area (Å²) in [7, 11) is 0. The zero-order valence-corrected chi connectivity index (χ0v) is 30.3. The van der Waals surface area contributed by atoms with Crippen LogP contribution in [0.2, 0.25) is 0 Å². The van der Waals surface area contributed by atoms with Crippen LogP contribution in [0.5, 0.6) is 0 Å². The van der Waals surface area contributed by atoms with E-state index in [0.717, 1.165) is 99.2 Å². The number of aromatic nitrogens is 3. The normalized spacial score (nSPS) is 11.9. The molecule has 12 aromatic rings. The molecule has 4 aromatic heterocycles. The lowest BCUT2D eigenvalue weighted by atomic mass is 9.98. The van der Waals surface area contributed by atoms with Crippen molar-refractivity contribution >= 4 is 65.8 Å². The lowest BCUT2D eigenvalue weighted by Gasteiger charge is -2.11. The van der Waals surface area contributed by atoms with Gasteiger partial charge in [-0.15, -0.1) is 0 Å². The smallest absolute Gasteiger partial charge is 0.164 e. The third kappa shape index (κ3) is 5.23. The zero-order chi connectivity index (χ0) is 37.5. The van der Waals surface area contributed by atoms with E-state index in [1.807, 2.05) is 72.8 Å². The first-order chi connectivity index (χ1) is 28.2. The molecule has 0 fully saturated rings. The highest BCUT2D eigenvalue weighted by Crippen LogP contribution is 2.39. The molecule has 4 heterocycles. The second-order valence-corrected chi connectivity index (χ2v) is 14.4. The van der Waals surface area contributed by atoms with Crippen molar-refractivity contribution in [3.05, 3.63) is 176 Å². The minimum Gasteiger partial charge on any atom is -0.456 e. The highest BCUT2D eigenvalue weighted by Gasteiger charge is 2.18. The van der Waals surface area contributed by atoms with E-state index in [-0.39, 0.29) is 0 Å². The highest BCUT2D eigenvalue weighted by atomic mass is 16.3. The Morgan fingerprint density at radius 2 is 0.614 bits per heavy atom. The predicted molar refractivity (Wildman–Crippen MR) is 229 cm³/mol. The molecule has 0 atom stereocenters. The summed E-state index contributed by atoms with van der Waals surface area (Å²) >= 11 is 0. The molecule has 0 aliphatic carbocycles. The molecule has 0 aliphatic rings. The van der Waals surface area contributed by atoms with Crippen LogP contribution in [0, 0.1) is 0 Å². The maximum atomic E-state index is 6.37. The monoisotopic (exact) mass is 731 g/mol. The Morgan fingerprint density at radius 3 is 1.21 bits per heavy atom. The van der Waals surface area contributed by atoms with Crippen LogP contribution in [0.3, 0.4) is 0 Å². The van der Waals surface area contributed by atoms with Crippen LogP contribution in [-0.4, -0.2) is 15.0 Å². The first-order valence-electron chi connectivity index (χ1n) is 18.9. The van der Waals surface area contributed by atoms with Crippen molar-refractivity contribution in [2.75, 3.05) is 0 Å². The van der Waals surface area contributed by atoms with Crippen molar-refractivity contribution in [2.24, 2.45) is 0 Å². The van der Waals surface area contributed by atoms with Gasteiger partial charge in [0.25, 0.3) is 0 Å². The summed E-state index contributed by atoms with van der Waals surface area (Å²) in [6.07, 6.45) is 0. The number of furan rings is 3. The van der Waals surface area contributed by atoms with Crippen molar-refractivity contribution < 1.29 is 13.3 Å². The summed E-state index contributed by atoms with van der Waals surface area (Å²) in [5.74, 6) is 1.72. The third-order valence-electron chi connectivity index (χ3n) is 10.9. The van der Waals surface area contributed by atoms with Gasteiger partial charge in [0, 0.05) is 55.1 Å². The van der Waals surface area contributed by atoms with Gasteiger partial charge in [0.05, 0.1) is 0 Å². The lowest BCUT2D eigenvalue weighted by molar-refractivity contribution is 0.656. The molecule has 0 bridgehead atoms. The second kappa shape index (κ2) is 12.3. The molecule has 0 N–H and O–H groups in total. The fourth-order valence-corrected chi connectivity index (χ4v) is 8.11. The van der Waals surface area contributed by atoms with Crippen LogP contribution in [-0.2, 0) is 0 Å². The van der Waals surface area contributed by atoms with E-state index in [1.165, 1.54) is 5.56 Å². The minimum atomic E-state index is 0.565. The van der Waals surface area contributed by atoms with Crippen LogP contribution in [0.4, 0.5) is 0 Å². The van der Waals surface area contributed by atoms with Gasteiger partial charge in [-0.3, -0.25) is 0 Å². The molecule has 0 saturated carbocycles. The number of para-hydroxylation sites is 2. The zero-order valence-electron chi connectivity index (χ0n) is 30.3. The first kappa shape index (κ1) is 31.5. The first-order valence-corrected chi connectivity index (χ1v) is 18.9. The van der Waals surface area contributed by atoms with Gasteiger partial charge < -0.3 is 13.3 Å². The molecule has 0 radical (unpaired) electrons. The number of nitrogens with zero attached hydrogens (tertiary/aromatic N) is 3. The van der Waals surface area contributed by atoms with E-state index in [0.29, 0.717) is 17.5 Å². The van der Waals surface area contributed by atoms with Crippen LogP contribution < -0.4 is 0 Å². The Balaban J connectivity index is 1.03. The molecule has 0 spiro atoms. The quantitative estimate of drug-likeness (QED) is 0.175. The van der Waals surface area contributed by atoms with E-state index in [2.05, 4.69) is 103 Å². The molecule has 266 valence electrons. The standard InChI is InChI=1S/C51H29N3O3/c1-2-10-30(11-3-1)31-12-8-13-32(24-31)33-14-9-15-34(25-33)49-52-50(35-20-22-45-39(26-35)37-16-4-6-18-43(37)55-45)54-51(53-49)36-21-23-46-40(27-36)42-28-41-38-17-5-7-19-44(38)56-47(41)29-48(42)57-46/h1-29H. The molecule has 57 heavy (non-hydrogen) atoms. The molecule has 0 unspecified atom stereocenters. The lowest BCUT2D eigenvalue weighted by Crippen LogP contribution is -2.00. The Morgan fingerprint density at radius 1 is 0.228 bits per heavy atom. The summed E-state index contributed by atoms with van der Waals surface area (Å²) in [5, 5.41) is 6.16. The van der Waals surface area contributed by atoms with Crippen molar-refractivity contribution in [1.29, 1.82) is 0 Å². The molecule has 0 amide bonds. The van der Waals surface area contributed by atoms with E-state index < -0.39 is 0 Å². The number of fused-ring (bicyclic) bond motifs is 9. The fraction of sp³-hybridized carbons (Fsp3) is 0. The molecular weight excluding hydrogens is 703 g/mol. The maximum absolute atomic E-state index is 6.37. The van der Waals surface area contributed by atoms with Gasteiger partial charge in [0.15, 0.2) is 17.5 Å². The Labute approximate surface area is 325 Å². The van der Waals surface area contributed by atoms with Crippen LogP contribution in [0.25, 0.3) is 122 Å². The topological polar surface area (TPSA) is 78.1 Å². The number of hydrogen-bond donors (Lipinski definition) is 0. The number of benzene rings is 8.